The Morgan fingerprint density at radius 1 is 1.43 bits per heavy atom. The van der Waals surface area contributed by atoms with Gasteiger partial charge in [0.25, 0.3) is 0 Å². The molecule has 1 amide bonds. The van der Waals surface area contributed by atoms with Gasteiger partial charge in [-0.1, -0.05) is 18.2 Å². The Labute approximate surface area is 137 Å². The molecule has 2 heterocycles. The van der Waals surface area contributed by atoms with Gasteiger partial charge in [0, 0.05) is 17.8 Å². The van der Waals surface area contributed by atoms with Crippen LogP contribution in [0.3, 0.4) is 0 Å². The van der Waals surface area contributed by atoms with E-state index in [1.165, 1.54) is 6.92 Å². The number of hydrogen-bond donors (Lipinski definition) is 0. The SMILES string of the molecule is C=CC[C@@H]1CC=C[C@@H](C)N1C(=O)Cn1nc(C)c(C(C)=O)c1C. The van der Waals surface area contributed by atoms with E-state index in [0.717, 1.165) is 18.5 Å². The van der Waals surface area contributed by atoms with Crippen LogP contribution < -0.4 is 0 Å². The standard InChI is InChI=1S/C18H25N3O2/c1-6-8-16-10-7-9-12(2)21(16)17(23)11-20-14(4)18(15(5)22)13(3)19-20/h6-7,9,12,16H,1,8,10-11H2,2-5H3/t12-,16-/m1/s1. The Bertz CT molecular complexity index is 657. The van der Waals surface area contributed by atoms with Gasteiger partial charge >= 0.3 is 0 Å². The third kappa shape index (κ3) is 3.44. The number of nitrogens with zero attached hydrogens (tertiary/aromatic N) is 3. The van der Waals surface area contributed by atoms with Gasteiger partial charge in [-0.25, -0.2) is 0 Å². The fourth-order valence-corrected chi connectivity index (χ4v) is 3.37. The highest BCUT2D eigenvalue weighted by Crippen LogP contribution is 2.21. The molecule has 0 aromatic carbocycles. The van der Waals surface area contributed by atoms with E-state index in [-0.39, 0.29) is 30.3 Å². The van der Waals surface area contributed by atoms with Crippen LogP contribution in [0.5, 0.6) is 0 Å². The number of ketones is 1. The number of rotatable bonds is 5. The minimum Gasteiger partial charge on any atom is -0.331 e. The lowest BCUT2D eigenvalue weighted by Gasteiger charge is -2.37. The molecule has 0 fully saturated rings. The summed E-state index contributed by atoms with van der Waals surface area (Å²) in [6, 6.07) is 0.203. The van der Waals surface area contributed by atoms with Crippen LogP contribution in [0.4, 0.5) is 0 Å². The topological polar surface area (TPSA) is 55.2 Å². The first-order valence-corrected chi connectivity index (χ1v) is 8.00. The summed E-state index contributed by atoms with van der Waals surface area (Å²) in [5.74, 6) is 0.00640. The highest BCUT2D eigenvalue weighted by molar-refractivity contribution is 5.96. The van der Waals surface area contributed by atoms with E-state index < -0.39 is 0 Å². The van der Waals surface area contributed by atoms with E-state index in [1.807, 2.05) is 24.8 Å². The van der Waals surface area contributed by atoms with Crippen molar-refractivity contribution < 1.29 is 9.59 Å². The molecule has 23 heavy (non-hydrogen) atoms. The predicted molar refractivity (Wildman–Crippen MR) is 90.4 cm³/mol. The van der Waals surface area contributed by atoms with Crippen molar-refractivity contribution in [1.82, 2.24) is 14.7 Å². The van der Waals surface area contributed by atoms with Crippen LogP contribution in [0.1, 0.15) is 48.4 Å². The normalized spacial score (nSPS) is 20.6. The van der Waals surface area contributed by atoms with E-state index in [0.29, 0.717) is 11.3 Å². The number of aryl methyl sites for hydroxylation is 1. The molecule has 0 saturated heterocycles. The van der Waals surface area contributed by atoms with Crippen molar-refractivity contribution in [3.05, 3.63) is 41.8 Å². The van der Waals surface area contributed by atoms with Crippen molar-refractivity contribution in [1.29, 1.82) is 0 Å². The smallest absolute Gasteiger partial charge is 0.245 e. The average Bonchev–Trinajstić information content (AvgIpc) is 2.73. The Hall–Kier alpha value is -2.17. The van der Waals surface area contributed by atoms with Gasteiger partial charge in [-0.15, -0.1) is 6.58 Å². The number of amides is 1. The number of aromatic nitrogens is 2. The molecule has 0 spiro atoms. The highest BCUT2D eigenvalue weighted by atomic mass is 16.2. The third-order valence-electron chi connectivity index (χ3n) is 4.40. The number of carbonyl (C=O) groups excluding carboxylic acids is 2. The Morgan fingerprint density at radius 2 is 2.13 bits per heavy atom. The van der Waals surface area contributed by atoms with Gasteiger partial charge in [0.15, 0.2) is 5.78 Å². The molecule has 1 aromatic rings. The molecule has 0 aliphatic carbocycles. The molecule has 0 bridgehead atoms. The number of hydrogen-bond acceptors (Lipinski definition) is 3. The summed E-state index contributed by atoms with van der Waals surface area (Å²) < 4.78 is 1.64. The van der Waals surface area contributed by atoms with Gasteiger partial charge in [0.2, 0.25) is 5.91 Å². The third-order valence-corrected chi connectivity index (χ3v) is 4.40. The molecule has 0 N–H and O–H groups in total. The highest BCUT2D eigenvalue weighted by Gasteiger charge is 2.29. The van der Waals surface area contributed by atoms with Crippen LogP contribution in [0.2, 0.25) is 0 Å². The van der Waals surface area contributed by atoms with Gasteiger partial charge in [-0.05, 0) is 40.5 Å². The van der Waals surface area contributed by atoms with E-state index in [9.17, 15) is 9.59 Å². The molecular formula is C18H25N3O2. The second-order valence-electron chi connectivity index (χ2n) is 6.14. The lowest BCUT2D eigenvalue weighted by atomic mass is 10.00. The second-order valence-corrected chi connectivity index (χ2v) is 6.14. The molecule has 5 nitrogen and oxygen atoms in total. The number of Topliss-reactive ketones (excluding diaryl/α,β-unsaturated/α-hetero) is 1. The fraction of sp³-hybridized carbons (Fsp3) is 0.500. The first kappa shape index (κ1) is 17.2. The zero-order chi connectivity index (χ0) is 17.1. The first-order chi connectivity index (χ1) is 10.9. The van der Waals surface area contributed by atoms with Crippen molar-refractivity contribution in [3.8, 4) is 0 Å². The molecule has 2 rings (SSSR count). The second kappa shape index (κ2) is 6.94. The summed E-state index contributed by atoms with van der Waals surface area (Å²) >= 11 is 0. The summed E-state index contributed by atoms with van der Waals surface area (Å²) in [7, 11) is 0. The summed E-state index contributed by atoms with van der Waals surface area (Å²) in [5.41, 5.74) is 2.05. The van der Waals surface area contributed by atoms with Crippen molar-refractivity contribution in [2.24, 2.45) is 0 Å². The first-order valence-electron chi connectivity index (χ1n) is 8.00. The molecule has 0 saturated carbocycles. The van der Waals surface area contributed by atoms with E-state index >= 15 is 0 Å². The summed E-state index contributed by atoms with van der Waals surface area (Å²) in [5, 5.41) is 4.37. The van der Waals surface area contributed by atoms with Crippen molar-refractivity contribution >= 4 is 11.7 Å². The average molecular weight is 315 g/mol. The van der Waals surface area contributed by atoms with Crippen LogP contribution in [-0.2, 0) is 11.3 Å². The van der Waals surface area contributed by atoms with Crippen LogP contribution in [0.25, 0.3) is 0 Å². The van der Waals surface area contributed by atoms with Gasteiger partial charge in [0.05, 0.1) is 11.3 Å². The number of carbonyl (C=O) groups is 2. The largest absolute Gasteiger partial charge is 0.331 e. The van der Waals surface area contributed by atoms with Gasteiger partial charge in [0.1, 0.15) is 6.54 Å². The lowest BCUT2D eigenvalue weighted by molar-refractivity contribution is -0.136. The predicted octanol–water partition coefficient (Wildman–Crippen LogP) is 2.82. The maximum atomic E-state index is 12.8. The van der Waals surface area contributed by atoms with Crippen molar-refractivity contribution in [2.45, 2.75) is 59.2 Å². The lowest BCUT2D eigenvalue weighted by Crippen LogP contribution is -2.48. The zero-order valence-corrected chi connectivity index (χ0v) is 14.4. The van der Waals surface area contributed by atoms with Crippen molar-refractivity contribution in [3.63, 3.8) is 0 Å². The molecule has 1 aromatic heterocycles. The quantitative estimate of drug-likeness (QED) is 0.620. The molecule has 0 unspecified atom stereocenters. The molecule has 124 valence electrons. The minimum absolute atomic E-state index is 0.0162. The van der Waals surface area contributed by atoms with Gasteiger partial charge in [-0.3, -0.25) is 14.3 Å². The maximum absolute atomic E-state index is 12.8. The van der Waals surface area contributed by atoms with E-state index in [4.69, 9.17) is 0 Å². The Kier molecular flexibility index (Phi) is 5.19. The van der Waals surface area contributed by atoms with Crippen LogP contribution >= 0.6 is 0 Å². The maximum Gasteiger partial charge on any atom is 0.245 e. The molecular weight excluding hydrogens is 290 g/mol. The van der Waals surface area contributed by atoms with Gasteiger partial charge in [-0.2, -0.15) is 5.10 Å². The molecule has 5 heteroatoms. The molecule has 1 aliphatic rings. The molecule has 0 radical (unpaired) electrons. The Morgan fingerprint density at radius 3 is 2.70 bits per heavy atom. The zero-order valence-electron chi connectivity index (χ0n) is 14.4. The monoisotopic (exact) mass is 315 g/mol. The summed E-state index contributed by atoms with van der Waals surface area (Å²) in [6.07, 6.45) is 7.65. The summed E-state index contributed by atoms with van der Waals surface area (Å²) in [6.45, 7) is 11.1. The molecule has 1 aliphatic heterocycles. The van der Waals surface area contributed by atoms with Gasteiger partial charge < -0.3 is 4.90 Å². The van der Waals surface area contributed by atoms with Crippen LogP contribution in [-0.4, -0.2) is 38.5 Å². The van der Waals surface area contributed by atoms with Crippen molar-refractivity contribution in [2.75, 3.05) is 0 Å². The summed E-state index contributed by atoms with van der Waals surface area (Å²) in [4.78, 5) is 26.4. The Balaban J connectivity index is 2.24. The van der Waals surface area contributed by atoms with Crippen LogP contribution in [0.15, 0.2) is 24.8 Å². The van der Waals surface area contributed by atoms with Crippen LogP contribution in [0, 0.1) is 13.8 Å². The molecule has 2 atom stereocenters. The minimum atomic E-state index is -0.0162. The van der Waals surface area contributed by atoms with E-state index in [2.05, 4.69) is 23.8 Å². The van der Waals surface area contributed by atoms with E-state index in [1.54, 1.807) is 11.6 Å². The fourth-order valence-electron chi connectivity index (χ4n) is 3.37.